The lowest BCUT2D eigenvalue weighted by atomic mass is 10.1. The van der Waals surface area contributed by atoms with Crippen LogP contribution in [0.4, 0.5) is 10.8 Å². The molecule has 0 aliphatic rings. The average Bonchev–Trinajstić information content (AvgIpc) is 3.18. The maximum Gasteiger partial charge on any atom is 0.250 e. The first-order valence-electron chi connectivity index (χ1n) is 8.73. The van der Waals surface area contributed by atoms with Crippen LogP contribution in [0.25, 0.3) is 11.4 Å². The van der Waals surface area contributed by atoms with Crippen molar-refractivity contribution in [1.82, 2.24) is 9.55 Å². The monoisotopic (exact) mass is 368 g/mol. The van der Waals surface area contributed by atoms with Crippen molar-refractivity contribution < 1.29 is 4.79 Å². The standard InChI is InChI=1S/C20H24N4OS/c1-13(2)9-10-24-14(3)16(19(21)25)11-18(24)17-12-26-20(23-17)22-15-7-5-4-6-8-15/h4-8,11-13H,9-10H2,1-3H3,(H2,21,25)(H,22,23). The van der Waals surface area contributed by atoms with E-state index in [9.17, 15) is 4.79 Å². The molecule has 0 saturated carbocycles. The number of carbonyl (C=O) groups excluding carboxylic acids is 1. The summed E-state index contributed by atoms with van der Waals surface area (Å²) >= 11 is 1.54. The topological polar surface area (TPSA) is 72.9 Å². The molecule has 0 unspecified atom stereocenters. The molecular formula is C20H24N4OS. The van der Waals surface area contributed by atoms with Crippen LogP contribution in [-0.4, -0.2) is 15.5 Å². The second-order valence-corrected chi connectivity index (χ2v) is 7.61. The first-order valence-corrected chi connectivity index (χ1v) is 9.61. The molecule has 5 nitrogen and oxygen atoms in total. The number of hydrogen-bond acceptors (Lipinski definition) is 4. The van der Waals surface area contributed by atoms with Crippen LogP contribution >= 0.6 is 11.3 Å². The van der Waals surface area contributed by atoms with Crippen molar-refractivity contribution >= 4 is 28.1 Å². The molecule has 0 bridgehead atoms. The number of rotatable bonds is 7. The van der Waals surface area contributed by atoms with E-state index in [1.165, 1.54) is 0 Å². The van der Waals surface area contributed by atoms with Gasteiger partial charge in [-0.1, -0.05) is 32.0 Å². The van der Waals surface area contributed by atoms with Crippen LogP contribution in [0.1, 0.15) is 36.3 Å². The summed E-state index contributed by atoms with van der Waals surface area (Å²) in [5, 5.41) is 6.15. The van der Waals surface area contributed by atoms with Crippen molar-refractivity contribution in [3.05, 3.63) is 53.0 Å². The summed E-state index contributed by atoms with van der Waals surface area (Å²) in [6, 6.07) is 11.8. The van der Waals surface area contributed by atoms with Gasteiger partial charge < -0.3 is 15.6 Å². The minimum Gasteiger partial charge on any atom is -0.366 e. The van der Waals surface area contributed by atoms with Gasteiger partial charge >= 0.3 is 0 Å². The Morgan fingerprint density at radius 1 is 1.31 bits per heavy atom. The molecule has 0 aliphatic heterocycles. The molecular weight excluding hydrogens is 344 g/mol. The van der Waals surface area contributed by atoms with E-state index in [4.69, 9.17) is 10.7 Å². The van der Waals surface area contributed by atoms with Crippen molar-refractivity contribution in [2.75, 3.05) is 5.32 Å². The Balaban J connectivity index is 1.92. The Morgan fingerprint density at radius 2 is 2.04 bits per heavy atom. The van der Waals surface area contributed by atoms with E-state index in [1.807, 2.05) is 48.7 Å². The number of anilines is 2. The Bertz CT molecular complexity index is 896. The fraction of sp³-hybridized carbons (Fsp3) is 0.300. The molecule has 0 spiro atoms. The molecule has 26 heavy (non-hydrogen) atoms. The van der Waals surface area contributed by atoms with Crippen LogP contribution in [-0.2, 0) is 6.54 Å². The van der Waals surface area contributed by atoms with E-state index in [1.54, 1.807) is 11.3 Å². The molecule has 0 radical (unpaired) electrons. The highest BCUT2D eigenvalue weighted by Gasteiger charge is 2.18. The first-order chi connectivity index (χ1) is 12.5. The smallest absolute Gasteiger partial charge is 0.250 e. The lowest BCUT2D eigenvalue weighted by Crippen LogP contribution is -2.13. The number of para-hydroxylation sites is 1. The van der Waals surface area contributed by atoms with Crippen LogP contribution in [0.5, 0.6) is 0 Å². The highest BCUT2D eigenvalue weighted by Crippen LogP contribution is 2.30. The Hall–Kier alpha value is -2.60. The maximum absolute atomic E-state index is 11.8. The molecule has 1 amide bonds. The summed E-state index contributed by atoms with van der Waals surface area (Å²) in [5.74, 6) is 0.178. The predicted molar refractivity (Wildman–Crippen MR) is 108 cm³/mol. The van der Waals surface area contributed by atoms with E-state index in [0.29, 0.717) is 11.5 Å². The van der Waals surface area contributed by atoms with Gasteiger partial charge in [0.2, 0.25) is 0 Å². The number of aromatic nitrogens is 2. The summed E-state index contributed by atoms with van der Waals surface area (Å²) in [6.07, 6.45) is 1.03. The lowest BCUT2D eigenvalue weighted by Gasteiger charge is -2.12. The summed E-state index contributed by atoms with van der Waals surface area (Å²) in [6.45, 7) is 7.17. The predicted octanol–water partition coefficient (Wildman–Crippen LogP) is 4.81. The molecule has 0 saturated heterocycles. The largest absolute Gasteiger partial charge is 0.366 e. The molecule has 136 valence electrons. The van der Waals surface area contributed by atoms with Crippen LogP contribution < -0.4 is 11.1 Å². The van der Waals surface area contributed by atoms with Gasteiger partial charge in [-0.2, -0.15) is 0 Å². The first kappa shape index (κ1) is 18.2. The second kappa shape index (κ2) is 7.74. The summed E-state index contributed by atoms with van der Waals surface area (Å²) in [5.41, 5.74) is 9.81. The van der Waals surface area contributed by atoms with Gasteiger partial charge in [-0.25, -0.2) is 4.98 Å². The van der Waals surface area contributed by atoms with E-state index in [-0.39, 0.29) is 0 Å². The number of nitrogens with zero attached hydrogens (tertiary/aromatic N) is 2. The number of hydrogen-bond donors (Lipinski definition) is 2. The van der Waals surface area contributed by atoms with Crippen LogP contribution in [0.15, 0.2) is 41.8 Å². The fourth-order valence-electron chi connectivity index (χ4n) is 2.88. The van der Waals surface area contributed by atoms with Gasteiger partial charge in [0.1, 0.15) is 0 Å². The highest BCUT2D eigenvalue weighted by atomic mass is 32.1. The summed E-state index contributed by atoms with van der Waals surface area (Å²) in [4.78, 5) is 16.5. The summed E-state index contributed by atoms with van der Waals surface area (Å²) < 4.78 is 2.15. The second-order valence-electron chi connectivity index (χ2n) is 6.76. The quantitative estimate of drug-likeness (QED) is 0.628. The van der Waals surface area contributed by atoms with Crippen LogP contribution in [0.2, 0.25) is 0 Å². The Morgan fingerprint density at radius 3 is 2.69 bits per heavy atom. The van der Waals surface area contributed by atoms with Gasteiger partial charge in [0.15, 0.2) is 5.13 Å². The van der Waals surface area contributed by atoms with Crippen molar-refractivity contribution in [2.45, 2.75) is 33.7 Å². The van der Waals surface area contributed by atoms with Crippen molar-refractivity contribution in [3.63, 3.8) is 0 Å². The van der Waals surface area contributed by atoms with E-state index < -0.39 is 5.91 Å². The third kappa shape index (κ3) is 3.96. The molecule has 1 aromatic carbocycles. The zero-order valence-corrected chi connectivity index (χ0v) is 16.1. The van der Waals surface area contributed by atoms with Gasteiger partial charge in [-0.15, -0.1) is 11.3 Å². The van der Waals surface area contributed by atoms with Gasteiger partial charge in [-0.3, -0.25) is 4.79 Å². The SMILES string of the molecule is Cc1c(C(N)=O)cc(-c2csc(Nc3ccccc3)n2)n1CCC(C)C. The normalized spacial score (nSPS) is 11.1. The highest BCUT2D eigenvalue weighted by molar-refractivity contribution is 7.14. The van der Waals surface area contributed by atoms with E-state index in [2.05, 4.69) is 23.7 Å². The molecule has 3 aromatic rings. The maximum atomic E-state index is 11.8. The van der Waals surface area contributed by atoms with Gasteiger partial charge in [0.25, 0.3) is 5.91 Å². The fourth-order valence-corrected chi connectivity index (χ4v) is 3.60. The molecule has 2 heterocycles. The minimum absolute atomic E-state index is 0.398. The third-order valence-electron chi connectivity index (χ3n) is 4.35. The molecule has 2 aromatic heterocycles. The number of benzene rings is 1. The van der Waals surface area contributed by atoms with Crippen LogP contribution in [0, 0.1) is 12.8 Å². The van der Waals surface area contributed by atoms with E-state index >= 15 is 0 Å². The van der Waals surface area contributed by atoms with E-state index in [0.717, 1.165) is 40.9 Å². The number of amides is 1. The van der Waals surface area contributed by atoms with Gasteiger partial charge in [0.05, 0.1) is 17.0 Å². The lowest BCUT2D eigenvalue weighted by molar-refractivity contribution is 0.0999. The number of primary amides is 1. The molecule has 0 aliphatic carbocycles. The molecule has 6 heteroatoms. The summed E-state index contributed by atoms with van der Waals surface area (Å²) in [7, 11) is 0. The minimum atomic E-state index is -0.398. The number of thiazole rings is 1. The van der Waals surface area contributed by atoms with Gasteiger partial charge in [-0.05, 0) is 37.5 Å². The Kier molecular flexibility index (Phi) is 5.42. The Labute approximate surface area is 157 Å². The zero-order chi connectivity index (χ0) is 18.7. The van der Waals surface area contributed by atoms with Crippen molar-refractivity contribution in [1.29, 1.82) is 0 Å². The van der Waals surface area contributed by atoms with Crippen LogP contribution in [0.3, 0.4) is 0 Å². The molecule has 3 N–H and O–H groups in total. The average molecular weight is 369 g/mol. The van der Waals surface area contributed by atoms with Crippen molar-refractivity contribution in [2.24, 2.45) is 11.7 Å². The number of nitrogens with two attached hydrogens (primary N) is 1. The zero-order valence-electron chi connectivity index (χ0n) is 15.3. The number of carbonyl (C=O) groups is 1. The number of nitrogens with one attached hydrogen (secondary N) is 1. The third-order valence-corrected chi connectivity index (χ3v) is 5.11. The van der Waals surface area contributed by atoms with Crippen molar-refractivity contribution in [3.8, 4) is 11.4 Å². The molecule has 0 atom stereocenters. The molecule has 3 rings (SSSR count). The van der Waals surface area contributed by atoms with Gasteiger partial charge in [0, 0.05) is 23.3 Å². The molecule has 0 fully saturated rings.